The van der Waals surface area contributed by atoms with Crippen LogP contribution < -0.4 is 0 Å². The number of halogens is 1. The fraction of sp³-hybridized carbons (Fsp3) is 0.364. The fourth-order valence-electron chi connectivity index (χ4n) is 0.989. The van der Waals surface area contributed by atoms with Crippen molar-refractivity contribution in [3.63, 3.8) is 0 Å². The van der Waals surface area contributed by atoms with Crippen LogP contribution in [0, 0.1) is 0 Å². The molecule has 0 spiro atoms. The van der Waals surface area contributed by atoms with E-state index < -0.39 is 0 Å². The number of rotatable bonds is 6. The highest BCUT2D eigenvalue weighted by atomic mass is 79.9. The summed E-state index contributed by atoms with van der Waals surface area (Å²) in [6.45, 7) is 0.288. The molecule has 1 aromatic rings. The zero-order valence-corrected chi connectivity index (χ0v) is 10.5. The maximum Gasteiger partial charge on any atom is 0.338 e. The summed E-state index contributed by atoms with van der Waals surface area (Å²) in [5, 5.41) is -0.361. The van der Waals surface area contributed by atoms with Crippen LogP contribution >= 0.6 is 15.9 Å². The Bertz CT molecular complexity index is 315. The van der Waals surface area contributed by atoms with E-state index in [-0.39, 0.29) is 24.4 Å². The monoisotopic (exact) mass is 288 g/mol. The maximum absolute atomic E-state index is 11.5. The Morgan fingerprint density at radius 2 is 2.06 bits per heavy atom. The average molecular weight is 289 g/mol. The highest BCUT2D eigenvalue weighted by Gasteiger charge is 2.10. The molecule has 0 amide bonds. The van der Waals surface area contributed by atoms with Crippen LogP contribution in [0.5, 0.6) is 0 Å². The Hall–Kier alpha value is -0.910. The third-order valence-electron chi connectivity index (χ3n) is 1.72. The highest BCUT2D eigenvalue weighted by Crippen LogP contribution is 2.06. The van der Waals surface area contributed by atoms with Gasteiger partial charge in [0.25, 0.3) is 0 Å². The Morgan fingerprint density at radius 3 is 2.69 bits per heavy atom. The summed E-state index contributed by atoms with van der Waals surface area (Å²) in [6, 6.07) is 8.79. The first-order chi connectivity index (χ1) is 7.74. The van der Waals surface area contributed by atoms with Crippen molar-refractivity contribution in [2.24, 2.45) is 0 Å². The molecule has 88 valence electrons. The van der Waals surface area contributed by atoms with Gasteiger partial charge in [0.15, 0.2) is 0 Å². The van der Waals surface area contributed by atoms with E-state index in [4.69, 9.17) is 14.2 Å². The predicted molar refractivity (Wildman–Crippen MR) is 62.4 cm³/mol. The lowest BCUT2D eigenvalue weighted by Gasteiger charge is -2.11. The molecule has 0 bridgehead atoms. The predicted octanol–water partition coefficient (Wildman–Crippen LogP) is 2.18. The summed E-state index contributed by atoms with van der Waals surface area (Å²) in [6.07, 6.45) is 0. The molecule has 1 unspecified atom stereocenters. The van der Waals surface area contributed by atoms with Crippen molar-refractivity contribution in [2.45, 2.75) is 5.01 Å². The topological polar surface area (TPSA) is 44.8 Å². The molecule has 16 heavy (non-hydrogen) atoms. The van der Waals surface area contributed by atoms with Gasteiger partial charge >= 0.3 is 5.97 Å². The van der Waals surface area contributed by atoms with E-state index in [2.05, 4.69) is 15.9 Å². The van der Waals surface area contributed by atoms with E-state index in [9.17, 15) is 4.79 Å². The first-order valence-electron chi connectivity index (χ1n) is 4.71. The van der Waals surface area contributed by atoms with E-state index in [1.165, 1.54) is 7.11 Å². The van der Waals surface area contributed by atoms with Crippen molar-refractivity contribution < 1.29 is 19.0 Å². The molecule has 0 aliphatic heterocycles. The minimum atomic E-state index is -0.369. The van der Waals surface area contributed by atoms with Gasteiger partial charge in [-0.1, -0.05) is 34.1 Å². The van der Waals surface area contributed by atoms with Gasteiger partial charge in [-0.05, 0) is 12.1 Å². The van der Waals surface area contributed by atoms with Crippen molar-refractivity contribution in [3.8, 4) is 0 Å². The molecule has 0 aliphatic rings. The lowest BCUT2D eigenvalue weighted by atomic mass is 10.2. The van der Waals surface area contributed by atoms with Crippen molar-refractivity contribution in [3.05, 3.63) is 35.9 Å². The van der Waals surface area contributed by atoms with Gasteiger partial charge in [0.2, 0.25) is 0 Å². The number of methoxy groups -OCH3 is 1. The van der Waals surface area contributed by atoms with Crippen LogP contribution in [-0.2, 0) is 14.2 Å². The molecule has 4 nitrogen and oxygen atoms in total. The van der Waals surface area contributed by atoms with Crippen LogP contribution in [0.1, 0.15) is 10.4 Å². The Balaban J connectivity index is 2.30. The lowest BCUT2D eigenvalue weighted by Crippen LogP contribution is -2.17. The summed E-state index contributed by atoms with van der Waals surface area (Å²) in [7, 11) is 1.52. The molecule has 0 radical (unpaired) electrons. The molecule has 1 rings (SSSR count). The number of alkyl halides is 1. The molecule has 0 saturated heterocycles. The van der Waals surface area contributed by atoms with Gasteiger partial charge in [0.05, 0.1) is 5.56 Å². The smallest absolute Gasteiger partial charge is 0.338 e. The summed E-state index contributed by atoms with van der Waals surface area (Å²) in [5.74, 6) is -0.369. The largest absolute Gasteiger partial charge is 0.458 e. The van der Waals surface area contributed by atoms with Crippen LogP contribution in [0.25, 0.3) is 0 Å². The molecular weight excluding hydrogens is 276 g/mol. The normalized spacial score (nSPS) is 12.1. The molecule has 1 atom stereocenters. The molecule has 0 fully saturated rings. The highest BCUT2D eigenvalue weighted by molar-refractivity contribution is 9.09. The van der Waals surface area contributed by atoms with Crippen LogP contribution in [0.15, 0.2) is 30.3 Å². The number of ether oxygens (including phenoxy) is 3. The minimum absolute atomic E-state index is 0.136. The maximum atomic E-state index is 11.5. The lowest BCUT2D eigenvalue weighted by molar-refractivity contribution is -0.0560. The molecule has 0 N–H and O–H groups in total. The number of carbonyl (C=O) groups excluding carboxylic acids is 1. The van der Waals surface area contributed by atoms with Crippen molar-refractivity contribution in [1.82, 2.24) is 0 Å². The SMILES string of the molecule is COCOC(Br)COC(=O)c1ccccc1. The average Bonchev–Trinajstić information content (AvgIpc) is 2.34. The van der Waals surface area contributed by atoms with Gasteiger partial charge < -0.3 is 14.2 Å². The fourth-order valence-corrected chi connectivity index (χ4v) is 1.23. The van der Waals surface area contributed by atoms with E-state index >= 15 is 0 Å². The third-order valence-corrected chi connectivity index (χ3v) is 2.25. The summed E-state index contributed by atoms with van der Waals surface area (Å²) < 4.78 is 14.8. The Morgan fingerprint density at radius 1 is 1.38 bits per heavy atom. The number of hydrogen-bond acceptors (Lipinski definition) is 4. The standard InChI is InChI=1S/C11H13BrO4/c1-14-8-16-10(12)7-15-11(13)9-5-3-2-4-6-9/h2-6,10H,7-8H2,1H3. The molecular formula is C11H13BrO4. The van der Waals surface area contributed by atoms with Crippen molar-refractivity contribution in [2.75, 3.05) is 20.5 Å². The first kappa shape index (κ1) is 13.2. The first-order valence-corrected chi connectivity index (χ1v) is 5.62. The molecule has 0 aliphatic carbocycles. The Labute approximate surface area is 103 Å². The van der Waals surface area contributed by atoms with E-state index in [1.54, 1.807) is 24.3 Å². The number of carbonyl (C=O) groups is 1. The van der Waals surface area contributed by atoms with Gasteiger partial charge in [-0.15, -0.1) is 0 Å². The van der Waals surface area contributed by atoms with Gasteiger partial charge in [-0.3, -0.25) is 0 Å². The van der Waals surface area contributed by atoms with Gasteiger partial charge in [0.1, 0.15) is 18.4 Å². The second-order valence-electron chi connectivity index (χ2n) is 2.95. The number of benzene rings is 1. The molecule has 5 heteroatoms. The molecule has 0 aromatic heterocycles. The van der Waals surface area contributed by atoms with E-state index in [0.29, 0.717) is 5.56 Å². The van der Waals surface area contributed by atoms with Crippen molar-refractivity contribution >= 4 is 21.9 Å². The molecule has 0 heterocycles. The summed E-state index contributed by atoms with van der Waals surface area (Å²) >= 11 is 3.20. The van der Waals surface area contributed by atoms with Crippen LogP contribution in [-0.4, -0.2) is 31.5 Å². The van der Waals surface area contributed by atoms with E-state index in [0.717, 1.165) is 0 Å². The number of hydrogen-bond donors (Lipinski definition) is 0. The van der Waals surface area contributed by atoms with Crippen LogP contribution in [0.4, 0.5) is 0 Å². The second-order valence-corrected chi connectivity index (χ2v) is 3.97. The van der Waals surface area contributed by atoms with Crippen molar-refractivity contribution in [1.29, 1.82) is 0 Å². The van der Waals surface area contributed by atoms with E-state index in [1.807, 2.05) is 6.07 Å². The summed E-state index contributed by atoms with van der Waals surface area (Å²) in [4.78, 5) is 11.5. The van der Waals surface area contributed by atoms with Crippen LogP contribution in [0.3, 0.4) is 0 Å². The third kappa shape index (κ3) is 4.74. The molecule has 1 aromatic carbocycles. The molecule has 0 saturated carbocycles. The number of esters is 1. The van der Waals surface area contributed by atoms with Gasteiger partial charge in [-0.25, -0.2) is 4.79 Å². The summed E-state index contributed by atoms with van der Waals surface area (Å²) in [5.41, 5.74) is 0.522. The van der Waals surface area contributed by atoms with Gasteiger partial charge in [-0.2, -0.15) is 0 Å². The quantitative estimate of drug-likeness (QED) is 0.457. The minimum Gasteiger partial charge on any atom is -0.458 e. The zero-order chi connectivity index (χ0) is 11.8. The second kappa shape index (κ2) is 7.38. The van der Waals surface area contributed by atoms with Gasteiger partial charge in [0, 0.05) is 7.11 Å². The zero-order valence-electron chi connectivity index (χ0n) is 8.89. The Kier molecular flexibility index (Phi) is 6.07. The van der Waals surface area contributed by atoms with Crippen LogP contribution in [0.2, 0.25) is 0 Å².